The molecule has 7 heteroatoms. The fourth-order valence-corrected chi connectivity index (χ4v) is 3.63. The number of anilines is 1. The molecule has 0 radical (unpaired) electrons. The van der Waals surface area contributed by atoms with E-state index in [0.29, 0.717) is 10.0 Å². The van der Waals surface area contributed by atoms with Gasteiger partial charge in [0.1, 0.15) is 0 Å². The van der Waals surface area contributed by atoms with Crippen molar-refractivity contribution < 1.29 is 0 Å². The highest BCUT2D eigenvalue weighted by Crippen LogP contribution is 2.30. The molecule has 1 atom stereocenters. The predicted octanol–water partition coefficient (Wildman–Crippen LogP) is 5.84. The Bertz CT molecular complexity index is 895. The molecule has 3 rings (SSSR count). The molecule has 1 aromatic carbocycles. The van der Waals surface area contributed by atoms with Crippen LogP contribution in [0.3, 0.4) is 0 Å². The lowest BCUT2D eigenvalue weighted by atomic mass is 10.1. The third-order valence-corrected chi connectivity index (χ3v) is 5.50. The molecule has 0 unspecified atom stereocenters. The maximum Gasteiger partial charge on any atom is 0.0663 e. The van der Waals surface area contributed by atoms with E-state index in [9.17, 15) is 0 Å². The van der Waals surface area contributed by atoms with Crippen molar-refractivity contribution in [1.29, 1.82) is 0 Å². The summed E-state index contributed by atoms with van der Waals surface area (Å²) in [7, 11) is 0. The number of aryl methyl sites for hydroxylation is 1. The molecule has 0 spiro atoms. The van der Waals surface area contributed by atoms with Crippen LogP contribution in [-0.2, 0) is 0 Å². The Hall–Kier alpha value is -1.31. The average Bonchev–Trinajstić information content (AvgIpc) is 3.07. The summed E-state index contributed by atoms with van der Waals surface area (Å²) in [5.41, 5.74) is 4.17. The monoisotopic (exact) mass is 486 g/mol. The molecule has 1 N–H and O–H groups in total. The van der Waals surface area contributed by atoms with E-state index in [1.54, 1.807) is 0 Å². The number of hydrogen-bond acceptors (Lipinski definition) is 3. The quantitative estimate of drug-likeness (QED) is 0.364. The van der Waals surface area contributed by atoms with Gasteiger partial charge in [-0.1, -0.05) is 23.2 Å². The second-order valence-electron chi connectivity index (χ2n) is 5.87. The molecular weight excluding hydrogens is 470 g/mol. The van der Waals surface area contributed by atoms with E-state index in [4.69, 9.17) is 23.2 Å². The van der Waals surface area contributed by atoms with E-state index in [1.807, 2.05) is 42.2 Å². The van der Waals surface area contributed by atoms with Gasteiger partial charge in [0.15, 0.2) is 0 Å². The van der Waals surface area contributed by atoms with Gasteiger partial charge in [-0.25, -0.2) is 0 Å². The molecule has 0 aliphatic rings. The van der Waals surface area contributed by atoms with Gasteiger partial charge in [-0.05, 0) is 66.3 Å². The lowest BCUT2D eigenvalue weighted by molar-refractivity contribution is 0.512. The Labute approximate surface area is 170 Å². The first-order chi connectivity index (χ1) is 11.9. The lowest BCUT2D eigenvalue weighted by Crippen LogP contribution is -2.17. The van der Waals surface area contributed by atoms with Gasteiger partial charge < -0.3 is 5.32 Å². The maximum absolute atomic E-state index is 6.10. The van der Waals surface area contributed by atoms with Crippen LogP contribution < -0.4 is 5.32 Å². The Morgan fingerprint density at radius 2 is 1.96 bits per heavy atom. The van der Waals surface area contributed by atoms with Crippen LogP contribution in [0.4, 0.5) is 5.69 Å². The Morgan fingerprint density at radius 3 is 2.72 bits per heavy atom. The molecular formula is C18H17Cl2IN4. The van der Waals surface area contributed by atoms with Crippen molar-refractivity contribution in [3.63, 3.8) is 0 Å². The van der Waals surface area contributed by atoms with Crippen LogP contribution in [0.25, 0.3) is 11.1 Å². The fourth-order valence-electron chi connectivity index (χ4n) is 2.46. The maximum atomic E-state index is 6.10. The summed E-state index contributed by atoms with van der Waals surface area (Å²) in [4.78, 5) is 4.23. The number of nitrogens with one attached hydrogen (secondary N) is 1. The van der Waals surface area contributed by atoms with Crippen LogP contribution >= 0.6 is 45.8 Å². The first-order valence-corrected chi connectivity index (χ1v) is 9.63. The summed E-state index contributed by atoms with van der Waals surface area (Å²) in [6, 6.07) is 7.95. The molecule has 4 nitrogen and oxygen atoms in total. The Balaban J connectivity index is 1.70. The minimum absolute atomic E-state index is 0.182. The normalized spacial score (nSPS) is 12.2. The van der Waals surface area contributed by atoms with Gasteiger partial charge in [0.2, 0.25) is 0 Å². The number of hydrogen-bond donors (Lipinski definition) is 1. The van der Waals surface area contributed by atoms with Crippen LogP contribution in [-0.4, -0.2) is 21.3 Å². The molecule has 0 saturated heterocycles. The molecule has 0 amide bonds. The van der Waals surface area contributed by atoms with Gasteiger partial charge in [-0.15, -0.1) is 0 Å². The minimum Gasteiger partial charge on any atom is -0.382 e. The van der Waals surface area contributed by atoms with Crippen molar-refractivity contribution in [3.8, 4) is 11.1 Å². The summed E-state index contributed by atoms with van der Waals surface area (Å²) in [5, 5.41) is 9.02. The first-order valence-electron chi connectivity index (χ1n) is 7.79. The van der Waals surface area contributed by atoms with Crippen molar-refractivity contribution in [2.75, 3.05) is 11.9 Å². The molecule has 0 bridgehead atoms. The molecule has 2 aromatic heterocycles. The molecule has 0 aliphatic heterocycles. The van der Waals surface area contributed by atoms with Gasteiger partial charge in [-0.2, -0.15) is 5.10 Å². The Kier molecular flexibility index (Phi) is 5.86. The second kappa shape index (κ2) is 7.93. The molecule has 0 aliphatic carbocycles. The minimum atomic E-state index is 0.182. The van der Waals surface area contributed by atoms with E-state index in [-0.39, 0.29) is 6.04 Å². The lowest BCUT2D eigenvalue weighted by Gasteiger charge is -2.15. The predicted molar refractivity (Wildman–Crippen MR) is 113 cm³/mol. The first kappa shape index (κ1) is 18.5. The van der Waals surface area contributed by atoms with Crippen LogP contribution in [0, 0.1) is 10.5 Å². The van der Waals surface area contributed by atoms with Gasteiger partial charge in [0.25, 0.3) is 0 Å². The van der Waals surface area contributed by atoms with Crippen molar-refractivity contribution >= 4 is 51.5 Å². The van der Waals surface area contributed by atoms with Gasteiger partial charge >= 0.3 is 0 Å². The molecule has 0 fully saturated rings. The zero-order valence-electron chi connectivity index (χ0n) is 13.8. The average molecular weight is 487 g/mol. The summed E-state index contributed by atoms with van der Waals surface area (Å²) < 4.78 is 3.00. The number of halogens is 3. The smallest absolute Gasteiger partial charge is 0.0663 e. The van der Waals surface area contributed by atoms with Crippen LogP contribution in [0.2, 0.25) is 10.0 Å². The summed E-state index contributed by atoms with van der Waals surface area (Å²) >= 11 is 14.4. The van der Waals surface area contributed by atoms with Gasteiger partial charge in [-0.3, -0.25) is 9.67 Å². The van der Waals surface area contributed by atoms with E-state index in [0.717, 1.165) is 32.6 Å². The number of aromatic nitrogens is 3. The molecule has 3 aromatic rings. The zero-order chi connectivity index (χ0) is 18.0. The SMILES string of the molecule is Cc1cc(-c2cnn([C@@H](C)CNc3cc(Cl)c(Cl)cc3I)c2)ccn1. The second-order valence-corrected chi connectivity index (χ2v) is 7.85. The van der Waals surface area contributed by atoms with Crippen molar-refractivity contribution in [2.24, 2.45) is 0 Å². The molecule has 130 valence electrons. The third kappa shape index (κ3) is 4.46. The number of pyridine rings is 1. The van der Waals surface area contributed by atoms with Crippen molar-refractivity contribution in [2.45, 2.75) is 19.9 Å². The van der Waals surface area contributed by atoms with Crippen LogP contribution in [0.5, 0.6) is 0 Å². The van der Waals surface area contributed by atoms with Gasteiger partial charge in [0.05, 0.1) is 22.3 Å². The summed E-state index contributed by atoms with van der Waals surface area (Å²) in [6.07, 6.45) is 5.76. The van der Waals surface area contributed by atoms with E-state index < -0.39 is 0 Å². The largest absolute Gasteiger partial charge is 0.382 e. The third-order valence-electron chi connectivity index (χ3n) is 3.88. The highest BCUT2D eigenvalue weighted by molar-refractivity contribution is 14.1. The van der Waals surface area contributed by atoms with E-state index >= 15 is 0 Å². The zero-order valence-corrected chi connectivity index (χ0v) is 17.5. The van der Waals surface area contributed by atoms with E-state index in [1.165, 1.54) is 0 Å². The summed E-state index contributed by atoms with van der Waals surface area (Å²) in [6.45, 7) is 4.83. The van der Waals surface area contributed by atoms with Crippen LogP contribution in [0.1, 0.15) is 18.7 Å². The van der Waals surface area contributed by atoms with E-state index in [2.05, 4.69) is 57.2 Å². The van der Waals surface area contributed by atoms with Crippen LogP contribution in [0.15, 0.2) is 42.9 Å². The Morgan fingerprint density at radius 1 is 1.20 bits per heavy atom. The molecule has 2 heterocycles. The fraction of sp³-hybridized carbons (Fsp3) is 0.222. The van der Waals surface area contributed by atoms with Crippen molar-refractivity contribution in [3.05, 3.63) is 62.2 Å². The number of rotatable bonds is 5. The summed E-state index contributed by atoms with van der Waals surface area (Å²) in [5.74, 6) is 0. The van der Waals surface area contributed by atoms with Gasteiger partial charge in [0, 0.05) is 39.5 Å². The van der Waals surface area contributed by atoms with Crippen molar-refractivity contribution in [1.82, 2.24) is 14.8 Å². The molecule has 25 heavy (non-hydrogen) atoms. The standard InChI is InChI=1S/C18H17Cl2IN4/c1-11-5-13(3-4-22-11)14-9-24-25(10-14)12(2)8-23-18-7-16(20)15(19)6-17(18)21/h3-7,9-10,12,23H,8H2,1-2H3/t12-/m0/s1. The number of nitrogens with zero attached hydrogens (tertiary/aromatic N) is 3. The highest BCUT2D eigenvalue weighted by Gasteiger charge is 2.10. The molecule has 0 saturated carbocycles. The topological polar surface area (TPSA) is 42.7 Å². The highest BCUT2D eigenvalue weighted by atomic mass is 127. The number of benzene rings is 1.